The van der Waals surface area contributed by atoms with Gasteiger partial charge < -0.3 is 19.5 Å². The van der Waals surface area contributed by atoms with Crippen molar-refractivity contribution >= 4 is 11.6 Å². The van der Waals surface area contributed by atoms with E-state index in [1.54, 1.807) is 25.0 Å². The third-order valence-corrected chi connectivity index (χ3v) is 5.44. The zero-order valence-electron chi connectivity index (χ0n) is 18.2. The molecule has 33 heavy (non-hydrogen) atoms. The molecule has 11 nitrogen and oxygen atoms in total. The summed E-state index contributed by atoms with van der Waals surface area (Å²) in [5.74, 6) is 2.28. The van der Waals surface area contributed by atoms with Gasteiger partial charge in [0.1, 0.15) is 29.0 Å². The summed E-state index contributed by atoms with van der Waals surface area (Å²) in [6.07, 6.45) is 0. The van der Waals surface area contributed by atoms with Crippen LogP contribution in [0.1, 0.15) is 24.1 Å². The maximum absolute atomic E-state index is 12.8. The Hall–Kier alpha value is -4.41. The molecule has 1 aliphatic rings. The number of anilines is 2. The molecule has 168 valence electrons. The zero-order valence-corrected chi connectivity index (χ0v) is 18.2. The van der Waals surface area contributed by atoms with Crippen LogP contribution < -0.4 is 25.1 Å². The van der Waals surface area contributed by atoms with Gasteiger partial charge in [-0.1, -0.05) is 5.10 Å². The van der Waals surface area contributed by atoms with Crippen molar-refractivity contribution < 1.29 is 14.2 Å². The molecule has 0 saturated carbocycles. The summed E-state index contributed by atoms with van der Waals surface area (Å²) in [5.41, 5.74) is 2.66. The summed E-state index contributed by atoms with van der Waals surface area (Å²) in [7, 11) is 3.16. The molecule has 0 aliphatic carbocycles. The second kappa shape index (κ2) is 8.26. The van der Waals surface area contributed by atoms with E-state index in [4.69, 9.17) is 14.2 Å². The Bertz CT molecular complexity index is 1360. The van der Waals surface area contributed by atoms with Gasteiger partial charge in [-0.3, -0.25) is 4.79 Å². The van der Waals surface area contributed by atoms with E-state index in [0.717, 1.165) is 16.9 Å². The number of H-pyrrole nitrogens is 1. The van der Waals surface area contributed by atoms with E-state index in [-0.39, 0.29) is 5.56 Å². The lowest BCUT2D eigenvalue weighted by Crippen LogP contribution is -2.29. The fourth-order valence-electron chi connectivity index (χ4n) is 3.97. The van der Waals surface area contributed by atoms with Crippen LogP contribution in [0.25, 0.3) is 11.3 Å². The normalized spacial score (nSPS) is 14.1. The summed E-state index contributed by atoms with van der Waals surface area (Å²) >= 11 is 0. The molecule has 2 aromatic carbocycles. The van der Waals surface area contributed by atoms with Gasteiger partial charge in [0.25, 0.3) is 5.56 Å². The van der Waals surface area contributed by atoms with Crippen molar-refractivity contribution in [3.05, 3.63) is 63.9 Å². The summed E-state index contributed by atoms with van der Waals surface area (Å²) in [6, 6.07) is 12.4. The molecule has 4 aromatic rings. The van der Waals surface area contributed by atoms with E-state index in [1.807, 2.05) is 43.3 Å². The minimum absolute atomic E-state index is 0.319. The van der Waals surface area contributed by atoms with Crippen molar-refractivity contribution in [1.29, 1.82) is 0 Å². The number of aromatic nitrogens is 6. The third kappa shape index (κ3) is 3.43. The molecule has 2 N–H and O–H groups in total. The minimum Gasteiger partial charge on any atom is -0.497 e. The van der Waals surface area contributed by atoms with Crippen LogP contribution in [0.5, 0.6) is 17.2 Å². The monoisotopic (exact) mass is 447 g/mol. The standard InChI is InChI=1S/C22H21N7O4/c1-4-33-13-7-5-12(6-8-13)18-17-19(21(30)25-24-18)23-22-26-27-28-29(22)20(17)15-10-9-14(31-2)11-16(15)32-3/h5-11,20H,4H2,1-3H3,(H,25,30)(H,23,26,28)/t20-/m0/s1. The lowest BCUT2D eigenvalue weighted by molar-refractivity contribution is 0.340. The molecular formula is C22H21N7O4. The highest BCUT2D eigenvalue weighted by Crippen LogP contribution is 2.44. The molecule has 3 heterocycles. The Kier molecular flexibility index (Phi) is 5.13. The number of ether oxygens (including phenoxy) is 3. The van der Waals surface area contributed by atoms with Gasteiger partial charge in [-0.25, -0.2) is 5.10 Å². The molecule has 1 atom stereocenters. The van der Waals surface area contributed by atoms with Gasteiger partial charge in [0.15, 0.2) is 0 Å². The molecule has 0 spiro atoms. The van der Waals surface area contributed by atoms with Crippen LogP contribution in [0.2, 0.25) is 0 Å². The minimum atomic E-state index is -0.580. The van der Waals surface area contributed by atoms with Gasteiger partial charge in [0.2, 0.25) is 5.95 Å². The Morgan fingerprint density at radius 1 is 1.06 bits per heavy atom. The molecule has 0 amide bonds. The van der Waals surface area contributed by atoms with Crippen molar-refractivity contribution in [3.8, 4) is 28.5 Å². The first kappa shape index (κ1) is 20.5. The van der Waals surface area contributed by atoms with Gasteiger partial charge in [-0.15, -0.1) is 0 Å². The molecular weight excluding hydrogens is 426 g/mol. The smallest absolute Gasteiger partial charge is 0.288 e. The Labute approximate surface area is 188 Å². The highest BCUT2D eigenvalue weighted by Gasteiger charge is 2.36. The average molecular weight is 447 g/mol. The quantitative estimate of drug-likeness (QED) is 0.403. The van der Waals surface area contributed by atoms with Crippen LogP contribution in [0.15, 0.2) is 47.3 Å². The number of rotatable bonds is 6. The van der Waals surface area contributed by atoms with Gasteiger partial charge in [-0.2, -0.15) is 9.78 Å². The first-order valence-corrected chi connectivity index (χ1v) is 10.3. The van der Waals surface area contributed by atoms with E-state index in [1.165, 1.54) is 0 Å². The van der Waals surface area contributed by atoms with Gasteiger partial charge >= 0.3 is 0 Å². The molecule has 0 unspecified atom stereocenters. The first-order chi connectivity index (χ1) is 16.1. The highest BCUT2D eigenvalue weighted by molar-refractivity contribution is 5.76. The van der Waals surface area contributed by atoms with Crippen molar-refractivity contribution in [3.63, 3.8) is 0 Å². The lowest BCUT2D eigenvalue weighted by atomic mass is 9.92. The Morgan fingerprint density at radius 3 is 2.58 bits per heavy atom. The summed E-state index contributed by atoms with van der Waals surface area (Å²) in [6.45, 7) is 2.49. The van der Waals surface area contributed by atoms with Crippen LogP contribution in [0.3, 0.4) is 0 Å². The number of hydrogen-bond acceptors (Lipinski definition) is 9. The third-order valence-electron chi connectivity index (χ3n) is 5.44. The van der Waals surface area contributed by atoms with E-state index in [9.17, 15) is 4.79 Å². The van der Waals surface area contributed by atoms with Crippen molar-refractivity contribution in [2.45, 2.75) is 13.0 Å². The lowest BCUT2D eigenvalue weighted by Gasteiger charge is -2.28. The van der Waals surface area contributed by atoms with Gasteiger partial charge in [-0.05, 0) is 53.7 Å². The van der Waals surface area contributed by atoms with Crippen molar-refractivity contribution in [2.75, 3.05) is 26.1 Å². The maximum Gasteiger partial charge on any atom is 0.288 e. The second-order valence-corrected chi connectivity index (χ2v) is 7.23. The number of nitrogens with one attached hydrogen (secondary N) is 2. The van der Waals surface area contributed by atoms with Gasteiger partial charge in [0.05, 0.1) is 26.5 Å². The van der Waals surface area contributed by atoms with E-state index >= 15 is 0 Å². The van der Waals surface area contributed by atoms with Crippen LogP contribution in [0, 0.1) is 0 Å². The topological polar surface area (TPSA) is 129 Å². The van der Waals surface area contributed by atoms with Crippen molar-refractivity contribution in [1.82, 2.24) is 30.4 Å². The van der Waals surface area contributed by atoms with E-state index in [0.29, 0.717) is 41.0 Å². The highest BCUT2D eigenvalue weighted by atomic mass is 16.5. The number of nitrogens with zero attached hydrogens (tertiary/aromatic N) is 5. The summed E-state index contributed by atoms with van der Waals surface area (Å²) in [5, 5.41) is 22.0. The predicted octanol–water partition coefficient (Wildman–Crippen LogP) is 2.53. The molecule has 0 radical (unpaired) electrons. The molecule has 5 rings (SSSR count). The summed E-state index contributed by atoms with van der Waals surface area (Å²) < 4.78 is 18.2. The first-order valence-electron chi connectivity index (χ1n) is 10.3. The molecule has 11 heteroatoms. The molecule has 0 fully saturated rings. The number of benzene rings is 2. The second-order valence-electron chi connectivity index (χ2n) is 7.23. The molecule has 1 aliphatic heterocycles. The summed E-state index contributed by atoms with van der Waals surface area (Å²) in [4.78, 5) is 12.8. The fourth-order valence-corrected chi connectivity index (χ4v) is 3.97. The number of fused-ring (bicyclic) bond motifs is 2. The maximum atomic E-state index is 12.8. The average Bonchev–Trinajstić information content (AvgIpc) is 3.32. The number of hydrogen-bond donors (Lipinski definition) is 2. The van der Waals surface area contributed by atoms with Crippen LogP contribution in [-0.2, 0) is 0 Å². The largest absolute Gasteiger partial charge is 0.497 e. The Morgan fingerprint density at radius 2 is 1.85 bits per heavy atom. The fraction of sp³-hybridized carbons (Fsp3) is 0.227. The Balaban J connectivity index is 1.75. The zero-order chi connectivity index (χ0) is 22.9. The number of aromatic amines is 1. The van der Waals surface area contributed by atoms with Crippen LogP contribution in [-0.4, -0.2) is 51.2 Å². The van der Waals surface area contributed by atoms with E-state index < -0.39 is 6.04 Å². The van der Waals surface area contributed by atoms with Crippen LogP contribution in [0.4, 0.5) is 11.6 Å². The molecule has 0 bridgehead atoms. The van der Waals surface area contributed by atoms with Crippen LogP contribution >= 0.6 is 0 Å². The van der Waals surface area contributed by atoms with Crippen molar-refractivity contribution in [2.24, 2.45) is 0 Å². The SMILES string of the molecule is CCOc1ccc(-c2n[nH]c(=O)c3c2[C@H](c2ccc(OC)cc2OC)n2nnnc2N3)cc1. The number of methoxy groups -OCH3 is 2. The van der Waals surface area contributed by atoms with Gasteiger partial charge in [0, 0.05) is 22.8 Å². The molecule has 0 saturated heterocycles. The van der Waals surface area contributed by atoms with E-state index in [2.05, 4.69) is 31.0 Å². The predicted molar refractivity (Wildman–Crippen MR) is 119 cm³/mol. The molecule has 2 aromatic heterocycles. The number of tetrazole rings is 1.